The molecule has 4 fully saturated rings. The molecule has 0 aliphatic heterocycles. The van der Waals surface area contributed by atoms with E-state index >= 15 is 0 Å². The molecule has 4 nitrogen and oxygen atoms in total. The first-order chi connectivity index (χ1) is 17.1. The molecule has 0 heterocycles. The lowest BCUT2D eigenvalue weighted by atomic mass is 9.43. The number of carbonyl (C=O) groups excluding carboxylic acids is 1. The van der Waals surface area contributed by atoms with E-state index in [0.717, 1.165) is 12.3 Å². The quantitative estimate of drug-likeness (QED) is 0.225. The van der Waals surface area contributed by atoms with Gasteiger partial charge in [0, 0.05) is 12.5 Å². The number of fused-ring (bicyclic) bond motifs is 5. The minimum atomic E-state index is -1.74. The Kier molecular flexibility index (Phi) is 8.59. The zero-order chi connectivity index (χ0) is 27.4. The second kappa shape index (κ2) is 10.7. The summed E-state index contributed by atoms with van der Waals surface area (Å²) in [7, 11) is -1.89. The highest BCUT2D eigenvalue weighted by Gasteiger charge is 2.66. The van der Waals surface area contributed by atoms with Crippen LogP contribution in [0.3, 0.4) is 0 Å². The largest absolute Gasteiger partial charge is 0.469 e. The highest BCUT2D eigenvalue weighted by atomic mass is 28.4. The Hall–Kier alpha value is -0.176. The second-order valence-corrected chi connectivity index (χ2v) is 24.8. The predicted molar refractivity (Wildman–Crippen MR) is 157 cm³/mol. The number of esters is 1. The standard InChI is InChI=1S/C31H58O4Si2/c1-21(14-17-28(32)33-4)23-15-16-24-29-25(20-27(31(23,24)3)35-37(8,9)10)30(2)18-12-11-13-22(30)19-26(29)34-36(5,6)7/h21-27,29H,11-20H2,1-10H3/t21-,22+,23-,24+,25+,26-,27-,29+,30+,31-/m1/s1. The van der Waals surface area contributed by atoms with Crippen molar-refractivity contribution < 1.29 is 18.4 Å². The first-order valence-electron chi connectivity index (χ1n) is 15.5. The summed E-state index contributed by atoms with van der Waals surface area (Å²) in [5, 5.41) is 0. The lowest BCUT2D eigenvalue weighted by Crippen LogP contribution is -2.64. The van der Waals surface area contributed by atoms with E-state index in [4.69, 9.17) is 13.6 Å². The number of methoxy groups -OCH3 is 1. The maximum atomic E-state index is 12.0. The number of hydrogen-bond acceptors (Lipinski definition) is 4. The van der Waals surface area contributed by atoms with Crippen molar-refractivity contribution >= 4 is 22.6 Å². The molecule has 0 aromatic carbocycles. The van der Waals surface area contributed by atoms with Crippen molar-refractivity contribution in [2.24, 2.45) is 46.3 Å². The van der Waals surface area contributed by atoms with Crippen molar-refractivity contribution in [2.75, 3.05) is 7.11 Å². The van der Waals surface area contributed by atoms with Crippen molar-refractivity contribution in [1.82, 2.24) is 0 Å². The van der Waals surface area contributed by atoms with Crippen molar-refractivity contribution in [3.63, 3.8) is 0 Å². The summed E-state index contributed by atoms with van der Waals surface area (Å²) in [5.74, 6) is 3.82. The van der Waals surface area contributed by atoms with Crippen molar-refractivity contribution in [2.45, 2.75) is 136 Å². The van der Waals surface area contributed by atoms with Gasteiger partial charge in [-0.05, 0) is 131 Å². The molecule has 10 atom stereocenters. The Morgan fingerprint density at radius 2 is 1.59 bits per heavy atom. The van der Waals surface area contributed by atoms with Crippen LogP contribution in [-0.4, -0.2) is 41.9 Å². The lowest BCUT2D eigenvalue weighted by Gasteiger charge is -2.65. The number of rotatable bonds is 8. The molecule has 4 aliphatic rings. The van der Waals surface area contributed by atoms with Crippen LogP contribution < -0.4 is 0 Å². The van der Waals surface area contributed by atoms with Crippen LogP contribution in [0.2, 0.25) is 39.3 Å². The molecule has 0 bridgehead atoms. The fourth-order valence-corrected chi connectivity index (χ4v) is 12.3. The average molecular weight is 551 g/mol. The molecule has 0 saturated heterocycles. The van der Waals surface area contributed by atoms with E-state index in [2.05, 4.69) is 60.1 Å². The van der Waals surface area contributed by atoms with Crippen LogP contribution in [0.4, 0.5) is 0 Å². The number of ether oxygens (including phenoxy) is 1. The molecule has 4 saturated carbocycles. The smallest absolute Gasteiger partial charge is 0.305 e. The summed E-state index contributed by atoms with van der Waals surface area (Å²) in [6.07, 6.45) is 12.8. The van der Waals surface area contributed by atoms with Crippen LogP contribution in [0.1, 0.15) is 85.0 Å². The van der Waals surface area contributed by atoms with E-state index in [-0.39, 0.29) is 11.4 Å². The first kappa shape index (κ1) is 29.8. The highest BCUT2D eigenvalue weighted by molar-refractivity contribution is 6.70. The molecular weight excluding hydrogens is 493 g/mol. The van der Waals surface area contributed by atoms with Gasteiger partial charge in [-0.15, -0.1) is 0 Å². The highest BCUT2D eigenvalue weighted by Crippen LogP contribution is 2.69. The second-order valence-electron chi connectivity index (χ2n) is 15.8. The van der Waals surface area contributed by atoms with Gasteiger partial charge >= 0.3 is 5.97 Å². The maximum Gasteiger partial charge on any atom is 0.305 e. The average Bonchev–Trinajstić information content (AvgIpc) is 3.14. The van der Waals surface area contributed by atoms with Gasteiger partial charge in [0.15, 0.2) is 16.6 Å². The Bertz CT molecular complexity index is 819. The molecule has 214 valence electrons. The lowest BCUT2D eigenvalue weighted by molar-refractivity contribution is -0.193. The van der Waals surface area contributed by atoms with E-state index in [1.807, 2.05) is 0 Å². The molecule has 0 spiro atoms. The monoisotopic (exact) mass is 550 g/mol. The van der Waals surface area contributed by atoms with Gasteiger partial charge in [0.2, 0.25) is 0 Å². The summed E-state index contributed by atoms with van der Waals surface area (Å²) in [5.41, 5.74) is 0.578. The minimum Gasteiger partial charge on any atom is -0.469 e. The molecule has 4 rings (SSSR count). The zero-order valence-corrected chi connectivity index (χ0v) is 27.8. The molecule has 0 radical (unpaired) electrons. The fourth-order valence-electron chi connectivity index (χ4n) is 9.96. The Labute approximate surface area is 230 Å². The molecule has 6 heteroatoms. The van der Waals surface area contributed by atoms with Crippen LogP contribution in [0, 0.1) is 46.3 Å². The topological polar surface area (TPSA) is 44.8 Å². The van der Waals surface area contributed by atoms with Gasteiger partial charge in [0.1, 0.15) is 0 Å². The SMILES string of the molecule is COC(=O)CC[C@@H](C)[C@H]1CC[C@H]2[C@@H]3[C@H](O[Si](C)(C)C)C[C@@H]4CCCC[C@]4(C)[C@H]3C[C@@H](O[Si](C)(C)C)[C@]12C. The zero-order valence-electron chi connectivity index (χ0n) is 25.8. The summed E-state index contributed by atoms with van der Waals surface area (Å²) in [6, 6.07) is 0. The van der Waals surface area contributed by atoms with Gasteiger partial charge in [-0.2, -0.15) is 0 Å². The third kappa shape index (κ3) is 5.83. The fraction of sp³-hybridized carbons (Fsp3) is 0.968. The predicted octanol–water partition coefficient (Wildman–Crippen LogP) is 8.28. The summed E-state index contributed by atoms with van der Waals surface area (Å²) >= 11 is 0. The van der Waals surface area contributed by atoms with Crippen LogP contribution in [0.15, 0.2) is 0 Å². The molecule has 0 aromatic rings. The van der Waals surface area contributed by atoms with Crippen LogP contribution in [0.5, 0.6) is 0 Å². The molecular formula is C31H58O4Si2. The van der Waals surface area contributed by atoms with E-state index in [0.29, 0.717) is 53.6 Å². The molecule has 4 aliphatic carbocycles. The number of hydrogen-bond donors (Lipinski definition) is 0. The first-order valence-corrected chi connectivity index (χ1v) is 22.3. The Balaban J connectivity index is 1.74. The molecule has 0 amide bonds. The van der Waals surface area contributed by atoms with Crippen LogP contribution >= 0.6 is 0 Å². The van der Waals surface area contributed by atoms with Crippen molar-refractivity contribution in [3.8, 4) is 0 Å². The van der Waals surface area contributed by atoms with Crippen LogP contribution in [0.25, 0.3) is 0 Å². The van der Waals surface area contributed by atoms with E-state index in [1.54, 1.807) is 0 Å². The van der Waals surface area contributed by atoms with Gasteiger partial charge in [0.05, 0.1) is 13.2 Å². The summed E-state index contributed by atoms with van der Waals surface area (Å²) in [4.78, 5) is 12.0. The number of carbonyl (C=O) groups is 1. The van der Waals surface area contributed by atoms with Gasteiger partial charge in [0.25, 0.3) is 0 Å². The van der Waals surface area contributed by atoms with E-state index < -0.39 is 16.6 Å². The van der Waals surface area contributed by atoms with E-state index in [1.165, 1.54) is 58.5 Å². The van der Waals surface area contributed by atoms with E-state index in [9.17, 15) is 4.79 Å². The van der Waals surface area contributed by atoms with Gasteiger partial charge < -0.3 is 13.6 Å². The molecule has 0 unspecified atom stereocenters. The Morgan fingerprint density at radius 1 is 0.919 bits per heavy atom. The normalized spacial score (nSPS) is 42.9. The maximum absolute atomic E-state index is 12.0. The Morgan fingerprint density at radius 3 is 2.22 bits per heavy atom. The summed E-state index contributed by atoms with van der Waals surface area (Å²) < 4.78 is 19.4. The third-order valence-corrected chi connectivity index (χ3v) is 13.4. The van der Waals surface area contributed by atoms with Crippen molar-refractivity contribution in [1.29, 1.82) is 0 Å². The molecule has 0 aromatic heterocycles. The molecule has 37 heavy (non-hydrogen) atoms. The van der Waals surface area contributed by atoms with Gasteiger partial charge in [-0.1, -0.05) is 33.6 Å². The van der Waals surface area contributed by atoms with Gasteiger partial charge in [-0.3, -0.25) is 4.79 Å². The third-order valence-electron chi connectivity index (χ3n) is 11.4. The van der Waals surface area contributed by atoms with Gasteiger partial charge in [-0.25, -0.2) is 0 Å². The van der Waals surface area contributed by atoms with Crippen LogP contribution in [-0.2, 0) is 18.4 Å². The van der Waals surface area contributed by atoms with Crippen molar-refractivity contribution in [3.05, 3.63) is 0 Å². The minimum absolute atomic E-state index is 0.0719. The summed E-state index contributed by atoms with van der Waals surface area (Å²) in [6.45, 7) is 22.0. The molecule has 0 N–H and O–H groups in total.